The molecule has 1 fully saturated rings. The van der Waals surface area contributed by atoms with Crippen LogP contribution in [0.4, 0.5) is 0 Å². The Morgan fingerprint density at radius 3 is 2.47 bits per heavy atom. The molecule has 1 N–H and O–H groups in total. The van der Waals surface area contributed by atoms with Crippen molar-refractivity contribution in [2.24, 2.45) is 5.41 Å². The Bertz CT molecular complexity index is 438. The molecule has 1 aromatic heterocycles. The van der Waals surface area contributed by atoms with Crippen LogP contribution in [-0.2, 0) is 0 Å². The number of aryl methyl sites for hydroxylation is 2. The molecular weight excluding hydrogens is 230 g/mol. The molecule has 1 atom stereocenters. The van der Waals surface area contributed by atoms with E-state index in [-0.39, 0.29) is 0 Å². The zero-order valence-corrected chi connectivity index (χ0v) is 11.3. The molecule has 0 aromatic carbocycles. The average Bonchev–Trinajstić information content (AvgIpc) is 2.68. The van der Waals surface area contributed by atoms with Crippen molar-refractivity contribution in [1.82, 2.24) is 0 Å². The van der Waals surface area contributed by atoms with E-state index in [0.717, 1.165) is 36.1 Å². The van der Waals surface area contributed by atoms with E-state index in [9.17, 15) is 10.4 Å². The summed E-state index contributed by atoms with van der Waals surface area (Å²) in [5.41, 5.74) is 0.423. The normalized spacial score (nSPS) is 20.8. The van der Waals surface area contributed by atoms with Gasteiger partial charge in [0.2, 0.25) is 0 Å². The minimum atomic E-state index is -0.613. The summed E-state index contributed by atoms with van der Waals surface area (Å²) in [5.74, 6) is 0. The van der Waals surface area contributed by atoms with E-state index in [1.165, 1.54) is 11.3 Å². The molecule has 1 unspecified atom stereocenters. The van der Waals surface area contributed by atoms with Gasteiger partial charge in [-0.15, -0.1) is 11.3 Å². The maximum Gasteiger partial charge on any atom is 0.0986 e. The Morgan fingerprint density at radius 1 is 1.35 bits per heavy atom. The third kappa shape index (κ3) is 2.25. The summed E-state index contributed by atoms with van der Waals surface area (Å²) in [5, 5.41) is 20.0. The van der Waals surface area contributed by atoms with Gasteiger partial charge in [0, 0.05) is 9.75 Å². The number of aliphatic hydroxyl groups excluding tert-OH is 1. The summed E-state index contributed by atoms with van der Waals surface area (Å²) >= 11 is 1.70. The van der Waals surface area contributed by atoms with E-state index in [0.29, 0.717) is 0 Å². The van der Waals surface area contributed by atoms with Crippen LogP contribution in [-0.4, -0.2) is 5.11 Å². The molecule has 1 heterocycles. The zero-order valence-electron chi connectivity index (χ0n) is 10.5. The van der Waals surface area contributed by atoms with Crippen LogP contribution in [0, 0.1) is 30.6 Å². The first-order valence-electron chi connectivity index (χ1n) is 6.25. The number of hydrogen-bond donors (Lipinski definition) is 1. The molecule has 0 bridgehead atoms. The van der Waals surface area contributed by atoms with Crippen molar-refractivity contribution < 1.29 is 5.11 Å². The lowest BCUT2D eigenvalue weighted by Crippen LogP contribution is -2.30. The Hall–Kier alpha value is -0.850. The van der Waals surface area contributed by atoms with Gasteiger partial charge in [0.25, 0.3) is 0 Å². The van der Waals surface area contributed by atoms with Crippen molar-refractivity contribution in [3.63, 3.8) is 0 Å². The van der Waals surface area contributed by atoms with Crippen LogP contribution in [0.15, 0.2) is 6.07 Å². The fourth-order valence-electron chi connectivity index (χ4n) is 2.85. The minimum absolute atomic E-state index is 0.545. The van der Waals surface area contributed by atoms with Gasteiger partial charge in [-0.3, -0.25) is 0 Å². The molecule has 3 heteroatoms. The van der Waals surface area contributed by atoms with Gasteiger partial charge < -0.3 is 5.11 Å². The molecule has 92 valence electrons. The van der Waals surface area contributed by atoms with Gasteiger partial charge in [0.05, 0.1) is 17.6 Å². The van der Waals surface area contributed by atoms with Crippen LogP contribution in [0.3, 0.4) is 0 Å². The number of rotatable bonds is 2. The second kappa shape index (κ2) is 4.80. The van der Waals surface area contributed by atoms with Crippen molar-refractivity contribution in [3.8, 4) is 6.07 Å². The monoisotopic (exact) mass is 249 g/mol. The first-order valence-corrected chi connectivity index (χ1v) is 7.07. The Balaban J connectivity index is 2.32. The van der Waals surface area contributed by atoms with E-state index >= 15 is 0 Å². The van der Waals surface area contributed by atoms with E-state index in [4.69, 9.17) is 0 Å². The smallest absolute Gasteiger partial charge is 0.0986 e. The van der Waals surface area contributed by atoms with Crippen LogP contribution < -0.4 is 0 Å². The Labute approximate surface area is 107 Å². The van der Waals surface area contributed by atoms with Crippen molar-refractivity contribution in [1.29, 1.82) is 5.26 Å². The maximum absolute atomic E-state index is 10.6. The van der Waals surface area contributed by atoms with Crippen molar-refractivity contribution in [2.45, 2.75) is 52.1 Å². The molecule has 0 amide bonds. The van der Waals surface area contributed by atoms with Crippen LogP contribution in [0.25, 0.3) is 0 Å². The maximum atomic E-state index is 10.6. The molecule has 2 rings (SSSR count). The topological polar surface area (TPSA) is 44.0 Å². The predicted octanol–water partition coefficient (Wildman–Crippen LogP) is 3.87. The molecule has 0 spiro atoms. The summed E-state index contributed by atoms with van der Waals surface area (Å²) < 4.78 is 0. The largest absolute Gasteiger partial charge is 0.387 e. The van der Waals surface area contributed by atoms with Gasteiger partial charge >= 0.3 is 0 Å². The van der Waals surface area contributed by atoms with E-state index in [1.54, 1.807) is 11.3 Å². The number of hydrogen-bond acceptors (Lipinski definition) is 3. The molecule has 1 aliphatic rings. The number of nitriles is 1. The van der Waals surface area contributed by atoms with Crippen LogP contribution in [0.2, 0.25) is 0 Å². The van der Waals surface area contributed by atoms with Crippen molar-refractivity contribution >= 4 is 11.3 Å². The van der Waals surface area contributed by atoms with Gasteiger partial charge in [-0.2, -0.15) is 5.26 Å². The predicted molar refractivity (Wildman–Crippen MR) is 69.9 cm³/mol. The minimum Gasteiger partial charge on any atom is -0.387 e. The standard InChI is InChI=1S/C14H19NOS/c1-10-8-12(11(2)17-10)13(16)14(9-15)6-4-3-5-7-14/h8,13,16H,3-7H2,1-2H3. The second-order valence-corrected chi connectivity index (χ2v) is 6.56. The molecule has 0 aliphatic heterocycles. The highest BCUT2D eigenvalue weighted by Crippen LogP contribution is 2.47. The lowest BCUT2D eigenvalue weighted by Gasteiger charge is -2.35. The highest BCUT2D eigenvalue weighted by molar-refractivity contribution is 7.12. The highest BCUT2D eigenvalue weighted by Gasteiger charge is 2.41. The third-order valence-corrected chi connectivity index (χ3v) is 4.85. The SMILES string of the molecule is Cc1cc(C(O)C2(C#N)CCCCC2)c(C)s1. The lowest BCUT2D eigenvalue weighted by atomic mass is 9.69. The molecule has 17 heavy (non-hydrogen) atoms. The van der Waals surface area contributed by atoms with E-state index < -0.39 is 11.5 Å². The fourth-order valence-corrected chi connectivity index (χ4v) is 3.81. The number of thiophene rings is 1. The lowest BCUT2D eigenvalue weighted by molar-refractivity contribution is 0.0359. The zero-order chi connectivity index (χ0) is 12.5. The first kappa shape index (κ1) is 12.6. The van der Waals surface area contributed by atoms with Gasteiger partial charge in [0.1, 0.15) is 0 Å². The van der Waals surface area contributed by atoms with Gasteiger partial charge in [0.15, 0.2) is 0 Å². The van der Waals surface area contributed by atoms with Crippen molar-refractivity contribution in [3.05, 3.63) is 21.4 Å². The molecule has 1 saturated carbocycles. The highest BCUT2D eigenvalue weighted by atomic mass is 32.1. The molecule has 0 radical (unpaired) electrons. The summed E-state index contributed by atoms with van der Waals surface area (Å²) in [6, 6.07) is 4.45. The van der Waals surface area contributed by atoms with Crippen LogP contribution in [0.5, 0.6) is 0 Å². The second-order valence-electron chi connectivity index (χ2n) is 5.10. The summed E-state index contributed by atoms with van der Waals surface area (Å²) in [6.45, 7) is 4.08. The molecule has 0 saturated heterocycles. The van der Waals surface area contributed by atoms with E-state index in [2.05, 4.69) is 6.07 Å². The van der Waals surface area contributed by atoms with Crippen LogP contribution >= 0.6 is 11.3 Å². The molecule has 2 nitrogen and oxygen atoms in total. The summed E-state index contributed by atoms with van der Waals surface area (Å²) in [6.07, 6.45) is 4.37. The van der Waals surface area contributed by atoms with Gasteiger partial charge in [-0.25, -0.2) is 0 Å². The van der Waals surface area contributed by atoms with Gasteiger partial charge in [-0.1, -0.05) is 19.3 Å². The van der Waals surface area contributed by atoms with Crippen molar-refractivity contribution in [2.75, 3.05) is 0 Å². The van der Waals surface area contributed by atoms with E-state index in [1.807, 2.05) is 19.9 Å². The quantitative estimate of drug-likeness (QED) is 0.864. The molecule has 1 aromatic rings. The fraction of sp³-hybridized carbons (Fsp3) is 0.643. The third-order valence-electron chi connectivity index (χ3n) is 3.87. The average molecular weight is 249 g/mol. The molecule has 1 aliphatic carbocycles. The van der Waals surface area contributed by atoms with Crippen LogP contribution in [0.1, 0.15) is 53.5 Å². The summed E-state index contributed by atoms with van der Waals surface area (Å²) in [4.78, 5) is 2.36. The van der Waals surface area contributed by atoms with Gasteiger partial charge in [-0.05, 0) is 38.3 Å². The first-order chi connectivity index (χ1) is 8.09. The Morgan fingerprint density at radius 2 is 2.00 bits per heavy atom. The summed E-state index contributed by atoms with van der Waals surface area (Å²) in [7, 11) is 0. The number of nitrogens with zero attached hydrogens (tertiary/aromatic N) is 1. The Kier molecular flexibility index (Phi) is 3.56. The number of aliphatic hydroxyl groups is 1. The molecular formula is C14H19NOS.